The molecule has 1 saturated heterocycles. The lowest BCUT2D eigenvalue weighted by atomic mass is 10.0. The van der Waals surface area contributed by atoms with Crippen LogP contribution in [0.25, 0.3) is 0 Å². The number of carbonyl (C=O) groups excluding carboxylic acids is 2. The molecule has 0 amide bonds. The number of epoxide rings is 1. The highest BCUT2D eigenvalue weighted by Crippen LogP contribution is 2.43. The van der Waals surface area contributed by atoms with E-state index in [0.29, 0.717) is 36.1 Å². The number of phosphoric acid groups is 1. The van der Waals surface area contributed by atoms with Gasteiger partial charge in [-0.1, -0.05) is 155 Å². The van der Waals surface area contributed by atoms with Gasteiger partial charge in [-0.15, -0.1) is 0 Å². The summed E-state index contributed by atoms with van der Waals surface area (Å²) in [6.45, 7) is 4.41. The van der Waals surface area contributed by atoms with E-state index in [-0.39, 0.29) is 25.6 Å². The summed E-state index contributed by atoms with van der Waals surface area (Å²) in [6.07, 6.45) is 31.5. The topological polar surface area (TPSA) is 121 Å². The van der Waals surface area contributed by atoms with Crippen molar-refractivity contribution in [2.24, 2.45) is 0 Å². The van der Waals surface area contributed by atoms with Gasteiger partial charge in [-0.2, -0.15) is 0 Å². The molecule has 0 spiro atoms. The first kappa shape index (κ1) is 50.0. The number of esters is 2. The SMILES string of the molecule is CCCCCCCCCCCCCCCC(=O)OC[C@H](COP(=O)(O)OCC[N+](C)(C)C)OC(=O)CCCCCCCC1OC1CCCCCCCC. The summed E-state index contributed by atoms with van der Waals surface area (Å²) in [6, 6.07) is 0. The van der Waals surface area contributed by atoms with Gasteiger partial charge in [0, 0.05) is 12.8 Å². The fourth-order valence-electron chi connectivity index (χ4n) is 6.51. The third-order valence-corrected chi connectivity index (χ3v) is 11.0. The lowest BCUT2D eigenvalue weighted by Gasteiger charge is -2.24. The quantitative estimate of drug-likeness (QED) is 0.0214. The van der Waals surface area contributed by atoms with Crippen LogP contribution in [0.3, 0.4) is 0 Å². The summed E-state index contributed by atoms with van der Waals surface area (Å²) in [5, 5.41) is 0. The van der Waals surface area contributed by atoms with Crippen LogP contribution in [0, 0.1) is 0 Å². The van der Waals surface area contributed by atoms with Crippen molar-refractivity contribution in [2.75, 3.05) is 47.5 Å². The zero-order valence-electron chi connectivity index (χ0n) is 35.0. The summed E-state index contributed by atoms with van der Waals surface area (Å²) in [7, 11) is 1.47. The summed E-state index contributed by atoms with van der Waals surface area (Å²) in [5.41, 5.74) is 0. The van der Waals surface area contributed by atoms with E-state index in [1.54, 1.807) is 0 Å². The molecule has 314 valence electrons. The molecular weight excluding hydrogens is 693 g/mol. The second kappa shape index (κ2) is 32.1. The van der Waals surface area contributed by atoms with Gasteiger partial charge in [-0.05, 0) is 25.7 Å². The third-order valence-electron chi connectivity index (χ3n) is 10.1. The minimum Gasteiger partial charge on any atom is -0.462 e. The van der Waals surface area contributed by atoms with E-state index < -0.39 is 26.5 Å². The molecule has 4 atom stereocenters. The van der Waals surface area contributed by atoms with Gasteiger partial charge in [0.2, 0.25) is 0 Å². The Morgan fingerprint density at radius 2 is 1.02 bits per heavy atom. The number of quaternary nitrogens is 1. The molecule has 3 unspecified atom stereocenters. The average molecular weight is 777 g/mol. The number of carbonyl (C=O) groups is 2. The predicted molar refractivity (Wildman–Crippen MR) is 215 cm³/mol. The number of nitrogens with zero attached hydrogens (tertiary/aromatic N) is 1. The monoisotopic (exact) mass is 777 g/mol. The lowest BCUT2D eigenvalue weighted by molar-refractivity contribution is -0.870. The summed E-state index contributed by atoms with van der Waals surface area (Å²) < 4.78 is 40.2. The van der Waals surface area contributed by atoms with Crippen LogP contribution >= 0.6 is 7.82 Å². The van der Waals surface area contributed by atoms with Gasteiger partial charge < -0.3 is 23.6 Å². The highest BCUT2D eigenvalue weighted by molar-refractivity contribution is 7.47. The molecule has 11 heteroatoms. The first-order chi connectivity index (χ1) is 25.5. The molecule has 0 bridgehead atoms. The Labute approximate surface area is 325 Å². The maximum atomic E-state index is 12.7. The molecule has 0 aliphatic carbocycles. The van der Waals surface area contributed by atoms with Crippen LogP contribution in [-0.2, 0) is 37.4 Å². The van der Waals surface area contributed by atoms with Crippen LogP contribution in [0.15, 0.2) is 0 Å². The number of unbranched alkanes of at least 4 members (excludes halogenated alkanes) is 21. The molecule has 10 nitrogen and oxygen atoms in total. The molecular formula is C42H83NO9P+. The number of ether oxygens (including phenoxy) is 3. The zero-order valence-corrected chi connectivity index (χ0v) is 35.9. The Morgan fingerprint density at radius 3 is 1.47 bits per heavy atom. The van der Waals surface area contributed by atoms with Crippen molar-refractivity contribution < 1.29 is 46.8 Å². The Morgan fingerprint density at radius 1 is 0.604 bits per heavy atom. The number of hydrogen-bond acceptors (Lipinski definition) is 8. The van der Waals surface area contributed by atoms with E-state index in [9.17, 15) is 19.0 Å². The van der Waals surface area contributed by atoms with E-state index in [1.165, 1.54) is 109 Å². The minimum absolute atomic E-state index is 0.0311. The maximum Gasteiger partial charge on any atom is 0.472 e. The van der Waals surface area contributed by atoms with Crippen LogP contribution in [-0.4, -0.2) is 87.1 Å². The van der Waals surface area contributed by atoms with E-state index in [1.807, 2.05) is 21.1 Å². The van der Waals surface area contributed by atoms with Crippen LogP contribution < -0.4 is 0 Å². The number of likely N-dealkylation sites (N-methyl/N-ethyl adjacent to an activating group) is 1. The molecule has 0 aromatic heterocycles. The Bertz CT molecular complexity index is 944. The maximum absolute atomic E-state index is 12.7. The van der Waals surface area contributed by atoms with Gasteiger partial charge >= 0.3 is 19.8 Å². The molecule has 1 rings (SSSR count). The van der Waals surface area contributed by atoms with Crippen LogP contribution in [0.5, 0.6) is 0 Å². The second-order valence-electron chi connectivity index (χ2n) is 16.5. The Hall–Kier alpha value is -1.03. The van der Waals surface area contributed by atoms with E-state index in [0.717, 1.165) is 51.4 Å². The highest BCUT2D eigenvalue weighted by atomic mass is 31.2. The van der Waals surface area contributed by atoms with Crippen LogP contribution in [0.4, 0.5) is 0 Å². The average Bonchev–Trinajstić information content (AvgIpc) is 3.86. The van der Waals surface area contributed by atoms with Crippen LogP contribution in [0.1, 0.15) is 194 Å². The van der Waals surface area contributed by atoms with Gasteiger partial charge in [0.05, 0.1) is 40.0 Å². The van der Waals surface area contributed by atoms with Crippen LogP contribution in [0.2, 0.25) is 0 Å². The Balaban J connectivity index is 2.28. The molecule has 0 aromatic carbocycles. The van der Waals surface area contributed by atoms with E-state index in [2.05, 4.69) is 13.8 Å². The van der Waals surface area contributed by atoms with Crippen molar-refractivity contribution in [3.05, 3.63) is 0 Å². The number of phosphoric ester groups is 1. The van der Waals surface area contributed by atoms with Crippen molar-refractivity contribution in [1.29, 1.82) is 0 Å². The van der Waals surface area contributed by atoms with Gasteiger partial charge in [0.25, 0.3) is 0 Å². The Kier molecular flexibility index (Phi) is 30.3. The van der Waals surface area contributed by atoms with Gasteiger partial charge in [0.1, 0.15) is 19.8 Å². The first-order valence-corrected chi connectivity index (χ1v) is 23.4. The predicted octanol–water partition coefficient (Wildman–Crippen LogP) is 11.0. The molecule has 0 aromatic rings. The normalized spacial score (nSPS) is 17.4. The molecule has 0 saturated carbocycles. The van der Waals surface area contributed by atoms with Crippen molar-refractivity contribution >= 4 is 19.8 Å². The van der Waals surface area contributed by atoms with Crippen molar-refractivity contribution in [3.8, 4) is 0 Å². The third kappa shape index (κ3) is 32.9. The first-order valence-electron chi connectivity index (χ1n) is 21.9. The second-order valence-corrected chi connectivity index (χ2v) is 17.9. The number of hydrogen-bond donors (Lipinski definition) is 1. The molecule has 0 radical (unpaired) electrons. The minimum atomic E-state index is -4.37. The van der Waals surface area contributed by atoms with Gasteiger partial charge in [0.15, 0.2) is 6.10 Å². The molecule has 1 aliphatic heterocycles. The van der Waals surface area contributed by atoms with Gasteiger partial charge in [-0.3, -0.25) is 18.6 Å². The van der Waals surface area contributed by atoms with E-state index in [4.69, 9.17) is 23.3 Å². The highest BCUT2D eigenvalue weighted by Gasteiger charge is 2.36. The van der Waals surface area contributed by atoms with Crippen molar-refractivity contribution in [2.45, 2.75) is 212 Å². The summed E-state index contributed by atoms with van der Waals surface area (Å²) in [4.78, 5) is 35.4. The summed E-state index contributed by atoms with van der Waals surface area (Å²) in [5.74, 6) is -0.806. The molecule has 1 fully saturated rings. The standard InChI is InChI=1S/C42H82NO9P/c1-6-8-10-12-14-15-16-17-18-19-20-24-28-32-41(44)48-36-38(37-50-53(46,47)49-35-34-43(3,4)5)51-42(45)33-29-25-21-23-27-31-40-39(52-40)30-26-22-13-11-9-7-2/h38-40H,6-37H2,1-5H3/p+1/t38-,39?,40?/m1/s1. The van der Waals surface area contributed by atoms with Crippen molar-refractivity contribution in [1.82, 2.24) is 0 Å². The van der Waals surface area contributed by atoms with Crippen molar-refractivity contribution in [3.63, 3.8) is 0 Å². The fraction of sp³-hybridized carbons (Fsp3) is 0.952. The lowest BCUT2D eigenvalue weighted by Crippen LogP contribution is -2.37. The molecule has 1 heterocycles. The number of rotatable bonds is 39. The largest absolute Gasteiger partial charge is 0.472 e. The molecule has 53 heavy (non-hydrogen) atoms. The van der Waals surface area contributed by atoms with Gasteiger partial charge in [-0.25, -0.2) is 4.57 Å². The smallest absolute Gasteiger partial charge is 0.462 e. The summed E-state index contributed by atoms with van der Waals surface area (Å²) >= 11 is 0. The van der Waals surface area contributed by atoms with E-state index >= 15 is 0 Å². The zero-order chi connectivity index (χ0) is 39.0. The fourth-order valence-corrected chi connectivity index (χ4v) is 7.25. The molecule has 1 N–H and O–H groups in total. The molecule has 1 aliphatic rings.